The van der Waals surface area contributed by atoms with Crippen LogP contribution in [0.1, 0.15) is 48.3 Å². The molecule has 0 spiro atoms. The molecule has 2 aromatic heterocycles. The van der Waals surface area contributed by atoms with Gasteiger partial charge in [0.05, 0.1) is 29.9 Å². The van der Waals surface area contributed by atoms with Crippen molar-refractivity contribution in [1.82, 2.24) is 30.0 Å². The maximum atomic E-state index is 13.1. The molecule has 1 aromatic carbocycles. The van der Waals surface area contributed by atoms with E-state index in [2.05, 4.69) is 53.2 Å². The van der Waals surface area contributed by atoms with Crippen LogP contribution in [0.3, 0.4) is 0 Å². The Hall–Kier alpha value is -3.37. The molecule has 192 valence electrons. The first-order chi connectivity index (χ1) is 16.9. The fourth-order valence-electron chi connectivity index (χ4n) is 4.55. The number of carbonyl (C=O) groups is 2. The third-order valence-electron chi connectivity index (χ3n) is 6.54. The van der Waals surface area contributed by atoms with Gasteiger partial charge in [0, 0.05) is 30.5 Å². The highest BCUT2D eigenvalue weighted by atomic mass is 35.5. The summed E-state index contributed by atoms with van der Waals surface area (Å²) in [6.45, 7) is 12.3. The monoisotopic (exact) mass is 513 g/mol. The smallest absolute Gasteiger partial charge is 0.270 e. The standard InChI is InChI=1S/C25H32ClN7O3/c1-7-21(35)33-11-18(19(34)12-33)29-24(36)22-13(2)28-20(32(22)6)10-27-23-14-8-15(25(3,4)5)16(26)9-17(14)30-31-23/h7-9,18-19,34H,1,10-12H2,2-6H3,(H,29,36)(H2,27,30,31)/t18-,19-/m0/s1. The number of aryl methyl sites for hydroxylation is 1. The van der Waals surface area contributed by atoms with Gasteiger partial charge >= 0.3 is 0 Å². The van der Waals surface area contributed by atoms with Gasteiger partial charge in [-0.2, -0.15) is 5.10 Å². The Morgan fingerprint density at radius 3 is 2.72 bits per heavy atom. The van der Waals surface area contributed by atoms with Crippen LogP contribution < -0.4 is 10.6 Å². The summed E-state index contributed by atoms with van der Waals surface area (Å²) in [6, 6.07) is 3.35. The van der Waals surface area contributed by atoms with Crippen LogP contribution in [-0.4, -0.2) is 66.8 Å². The van der Waals surface area contributed by atoms with Gasteiger partial charge in [-0.15, -0.1) is 0 Å². The van der Waals surface area contributed by atoms with Crippen molar-refractivity contribution in [2.45, 2.75) is 51.8 Å². The number of aromatic nitrogens is 4. The first kappa shape index (κ1) is 25.7. The SMILES string of the molecule is C=CC(=O)N1C[C@H](NC(=O)c2c(C)nc(CNc3n[nH]c4cc(Cl)c(C(C)(C)C)cc34)n2C)[C@@H](O)C1. The van der Waals surface area contributed by atoms with E-state index in [-0.39, 0.29) is 30.3 Å². The molecule has 0 unspecified atom stereocenters. The van der Waals surface area contributed by atoms with Gasteiger partial charge in [-0.3, -0.25) is 14.7 Å². The number of amides is 2. The van der Waals surface area contributed by atoms with Gasteiger partial charge in [-0.25, -0.2) is 4.98 Å². The van der Waals surface area contributed by atoms with E-state index in [9.17, 15) is 14.7 Å². The fraction of sp³-hybridized carbons (Fsp3) is 0.440. The van der Waals surface area contributed by atoms with E-state index in [1.807, 2.05) is 12.1 Å². The quantitative estimate of drug-likeness (QED) is 0.375. The average molecular weight is 514 g/mol. The zero-order valence-corrected chi connectivity index (χ0v) is 21.9. The Bertz CT molecular complexity index is 1340. The van der Waals surface area contributed by atoms with Crippen molar-refractivity contribution >= 4 is 40.1 Å². The zero-order chi connectivity index (χ0) is 26.4. The van der Waals surface area contributed by atoms with Crippen LogP contribution in [0.4, 0.5) is 5.82 Å². The molecule has 3 aromatic rings. The van der Waals surface area contributed by atoms with Crippen LogP contribution in [0, 0.1) is 6.92 Å². The number of fused-ring (bicyclic) bond motifs is 1. The Balaban J connectivity index is 1.50. The van der Waals surface area contributed by atoms with Crippen LogP contribution in [0.15, 0.2) is 24.8 Å². The predicted molar refractivity (Wildman–Crippen MR) is 139 cm³/mol. The molecule has 0 saturated carbocycles. The lowest BCUT2D eigenvalue weighted by Gasteiger charge is -2.20. The summed E-state index contributed by atoms with van der Waals surface area (Å²) >= 11 is 6.48. The number of hydrogen-bond acceptors (Lipinski definition) is 6. The molecular formula is C25H32ClN7O3. The minimum absolute atomic E-state index is 0.123. The Morgan fingerprint density at radius 1 is 1.33 bits per heavy atom. The number of aromatic amines is 1. The molecule has 1 saturated heterocycles. The molecule has 4 rings (SSSR count). The van der Waals surface area contributed by atoms with Crippen molar-refractivity contribution in [3.63, 3.8) is 0 Å². The number of β-amino-alcohol motifs (C(OH)–C–C–N with tert-alkyl or cyclic N) is 1. The third-order valence-corrected chi connectivity index (χ3v) is 6.85. The summed E-state index contributed by atoms with van der Waals surface area (Å²) < 4.78 is 1.72. The number of hydrogen-bond donors (Lipinski definition) is 4. The minimum Gasteiger partial charge on any atom is -0.389 e. The van der Waals surface area contributed by atoms with Gasteiger partial charge in [0.15, 0.2) is 5.82 Å². The number of benzene rings is 1. The molecule has 0 bridgehead atoms. The van der Waals surface area contributed by atoms with Gasteiger partial charge < -0.3 is 25.2 Å². The van der Waals surface area contributed by atoms with Gasteiger partial charge in [0.2, 0.25) is 5.91 Å². The summed E-state index contributed by atoms with van der Waals surface area (Å²) in [5.74, 6) is 0.674. The molecule has 10 nitrogen and oxygen atoms in total. The summed E-state index contributed by atoms with van der Waals surface area (Å²) in [4.78, 5) is 30.9. The molecule has 0 radical (unpaired) electrons. The fourth-order valence-corrected chi connectivity index (χ4v) is 5.00. The van der Waals surface area contributed by atoms with E-state index < -0.39 is 12.1 Å². The number of aliphatic hydroxyl groups is 1. The molecule has 1 fully saturated rings. The first-order valence-corrected chi connectivity index (χ1v) is 12.1. The molecular weight excluding hydrogens is 482 g/mol. The summed E-state index contributed by atoms with van der Waals surface area (Å²) in [5.41, 5.74) is 2.68. The number of imidazole rings is 1. The highest BCUT2D eigenvalue weighted by molar-refractivity contribution is 6.32. The highest BCUT2D eigenvalue weighted by Crippen LogP contribution is 2.34. The molecule has 3 heterocycles. The number of halogens is 1. The second-order valence-electron chi connectivity index (χ2n) is 10.2. The number of carbonyl (C=O) groups excluding carboxylic acids is 2. The molecule has 36 heavy (non-hydrogen) atoms. The maximum absolute atomic E-state index is 13.1. The molecule has 2 amide bonds. The number of nitrogens with zero attached hydrogens (tertiary/aromatic N) is 4. The number of anilines is 1. The van der Waals surface area contributed by atoms with Crippen molar-refractivity contribution in [2.75, 3.05) is 18.4 Å². The number of rotatable bonds is 6. The first-order valence-electron chi connectivity index (χ1n) is 11.7. The number of H-pyrrole nitrogens is 1. The summed E-state index contributed by atoms with van der Waals surface area (Å²) in [5, 5.41) is 25.5. The Morgan fingerprint density at radius 2 is 2.06 bits per heavy atom. The van der Waals surface area contributed by atoms with Gasteiger partial charge in [-0.1, -0.05) is 39.0 Å². The zero-order valence-electron chi connectivity index (χ0n) is 21.1. The van der Waals surface area contributed by atoms with Crippen LogP contribution in [0.5, 0.6) is 0 Å². The number of nitrogens with one attached hydrogen (secondary N) is 3. The van der Waals surface area contributed by atoms with Crippen LogP contribution in [0.25, 0.3) is 10.9 Å². The lowest BCUT2D eigenvalue weighted by atomic mass is 9.86. The van der Waals surface area contributed by atoms with Crippen molar-refractivity contribution in [3.8, 4) is 0 Å². The molecule has 2 atom stereocenters. The van der Waals surface area contributed by atoms with Crippen molar-refractivity contribution in [2.24, 2.45) is 7.05 Å². The summed E-state index contributed by atoms with van der Waals surface area (Å²) in [7, 11) is 1.77. The van der Waals surface area contributed by atoms with E-state index >= 15 is 0 Å². The van der Waals surface area contributed by atoms with Gasteiger partial charge in [-0.05, 0) is 36.1 Å². The van der Waals surface area contributed by atoms with Crippen LogP contribution in [0.2, 0.25) is 5.02 Å². The average Bonchev–Trinajstić information content (AvgIpc) is 3.45. The molecule has 0 aliphatic carbocycles. The lowest BCUT2D eigenvalue weighted by Crippen LogP contribution is -2.43. The Labute approximate surface area is 214 Å². The van der Waals surface area contributed by atoms with E-state index in [4.69, 9.17) is 11.6 Å². The second-order valence-corrected chi connectivity index (χ2v) is 10.6. The third kappa shape index (κ3) is 4.83. The van der Waals surface area contributed by atoms with Gasteiger partial charge in [0.1, 0.15) is 11.5 Å². The van der Waals surface area contributed by atoms with Gasteiger partial charge in [0.25, 0.3) is 5.91 Å². The molecule has 11 heteroatoms. The molecule has 1 aliphatic heterocycles. The Kier molecular flexibility index (Phi) is 6.85. The van der Waals surface area contributed by atoms with E-state index in [0.717, 1.165) is 16.5 Å². The molecule has 4 N–H and O–H groups in total. The predicted octanol–water partition coefficient (Wildman–Crippen LogP) is 2.66. The largest absolute Gasteiger partial charge is 0.389 e. The summed E-state index contributed by atoms with van der Waals surface area (Å²) in [6.07, 6.45) is 0.342. The number of aliphatic hydroxyl groups excluding tert-OH is 1. The highest BCUT2D eigenvalue weighted by Gasteiger charge is 2.35. The van der Waals surface area contributed by atoms with Crippen molar-refractivity contribution < 1.29 is 14.7 Å². The topological polar surface area (TPSA) is 128 Å². The number of likely N-dealkylation sites (tertiary alicyclic amines) is 1. The second kappa shape index (κ2) is 9.59. The van der Waals surface area contributed by atoms with Crippen LogP contribution in [-0.2, 0) is 23.8 Å². The van der Waals surface area contributed by atoms with Crippen molar-refractivity contribution in [1.29, 1.82) is 0 Å². The maximum Gasteiger partial charge on any atom is 0.270 e. The van der Waals surface area contributed by atoms with E-state index in [1.54, 1.807) is 18.5 Å². The van der Waals surface area contributed by atoms with Crippen molar-refractivity contribution in [3.05, 3.63) is 52.6 Å². The minimum atomic E-state index is -0.855. The van der Waals surface area contributed by atoms with Crippen LogP contribution >= 0.6 is 11.6 Å². The molecule has 1 aliphatic rings. The normalized spacial score (nSPS) is 18.0. The lowest BCUT2D eigenvalue weighted by molar-refractivity contribution is -0.125. The van der Waals surface area contributed by atoms with E-state index in [0.29, 0.717) is 34.6 Å². The van der Waals surface area contributed by atoms with E-state index in [1.165, 1.54) is 11.0 Å².